The number of benzene rings is 2. The molecule has 212 valence electrons. The Labute approximate surface area is 230 Å². The van der Waals surface area contributed by atoms with Gasteiger partial charge in [0.2, 0.25) is 17.3 Å². The van der Waals surface area contributed by atoms with Crippen molar-refractivity contribution >= 4 is 22.8 Å². The number of hydrogen-bond donors (Lipinski definition) is 1. The molecule has 40 heavy (non-hydrogen) atoms. The van der Waals surface area contributed by atoms with Gasteiger partial charge in [0.15, 0.2) is 11.6 Å². The fraction of sp³-hybridized carbons (Fsp3) is 0.367. The molecule has 1 aliphatic rings. The van der Waals surface area contributed by atoms with Gasteiger partial charge in [-0.3, -0.25) is 4.79 Å². The summed E-state index contributed by atoms with van der Waals surface area (Å²) in [5, 5.41) is 2.80. The lowest BCUT2D eigenvalue weighted by molar-refractivity contribution is -0.164. The van der Waals surface area contributed by atoms with E-state index in [1.54, 1.807) is 52.0 Å². The largest absolute Gasteiger partial charge is 0.472 e. The lowest BCUT2D eigenvalue weighted by atomic mass is 10.1. The number of aryl methyl sites for hydroxylation is 1. The molecule has 0 spiro atoms. The van der Waals surface area contributed by atoms with E-state index in [0.717, 1.165) is 11.6 Å². The average Bonchev–Trinajstić information content (AvgIpc) is 3.33. The van der Waals surface area contributed by atoms with Crippen molar-refractivity contribution in [2.75, 3.05) is 6.54 Å². The zero-order chi connectivity index (χ0) is 29.2. The number of rotatable bonds is 8. The SMILES string of the molecule is C=C1CN[C@H](C(Oc2c(F)c(F)cc3c(=O)c(C(=O)OCc4ccccc4)cn(CC)c23)C(=O)OC(C)(C)C)C1. The molecular weight excluding hydrogens is 522 g/mol. The van der Waals surface area contributed by atoms with Gasteiger partial charge in [0, 0.05) is 19.3 Å². The highest BCUT2D eigenvalue weighted by Crippen LogP contribution is 2.33. The van der Waals surface area contributed by atoms with Gasteiger partial charge in [0.1, 0.15) is 17.8 Å². The summed E-state index contributed by atoms with van der Waals surface area (Å²) in [5.74, 6) is -5.08. The van der Waals surface area contributed by atoms with Crippen LogP contribution in [0.4, 0.5) is 8.78 Å². The second-order valence-electron chi connectivity index (χ2n) is 10.6. The van der Waals surface area contributed by atoms with E-state index in [-0.39, 0.29) is 29.6 Å². The maximum atomic E-state index is 15.4. The van der Waals surface area contributed by atoms with Crippen LogP contribution in [0.3, 0.4) is 0 Å². The highest BCUT2D eigenvalue weighted by atomic mass is 19.2. The predicted octanol–water partition coefficient (Wildman–Crippen LogP) is 4.66. The van der Waals surface area contributed by atoms with Crippen molar-refractivity contribution in [1.29, 1.82) is 0 Å². The van der Waals surface area contributed by atoms with E-state index in [1.165, 1.54) is 10.8 Å². The third-order valence-corrected chi connectivity index (χ3v) is 6.36. The van der Waals surface area contributed by atoms with Crippen molar-refractivity contribution < 1.29 is 32.6 Å². The molecule has 4 rings (SSSR count). The summed E-state index contributed by atoms with van der Waals surface area (Å²) < 4.78 is 48.4. The normalized spacial score (nSPS) is 16.1. The van der Waals surface area contributed by atoms with Gasteiger partial charge in [-0.2, -0.15) is 4.39 Å². The molecule has 1 saturated heterocycles. The van der Waals surface area contributed by atoms with Gasteiger partial charge in [0.05, 0.1) is 16.9 Å². The van der Waals surface area contributed by atoms with Crippen LogP contribution in [-0.2, 0) is 27.4 Å². The summed E-state index contributed by atoms with van der Waals surface area (Å²) in [6.07, 6.45) is 0.186. The van der Waals surface area contributed by atoms with Gasteiger partial charge in [-0.15, -0.1) is 0 Å². The molecule has 2 heterocycles. The molecule has 1 fully saturated rings. The number of pyridine rings is 1. The van der Waals surface area contributed by atoms with Gasteiger partial charge in [-0.25, -0.2) is 14.0 Å². The van der Waals surface area contributed by atoms with Crippen LogP contribution in [0.25, 0.3) is 10.9 Å². The Balaban J connectivity index is 1.79. The van der Waals surface area contributed by atoms with E-state index in [9.17, 15) is 18.8 Å². The van der Waals surface area contributed by atoms with Crippen LogP contribution >= 0.6 is 0 Å². The van der Waals surface area contributed by atoms with E-state index >= 15 is 4.39 Å². The predicted molar refractivity (Wildman–Crippen MR) is 145 cm³/mol. The first-order chi connectivity index (χ1) is 18.9. The quantitative estimate of drug-likeness (QED) is 0.320. The van der Waals surface area contributed by atoms with Crippen LogP contribution in [-0.4, -0.2) is 40.8 Å². The number of fused-ring (bicyclic) bond motifs is 1. The summed E-state index contributed by atoms with van der Waals surface area (Å²) in [6.45, 7) is 11.1. The molecule has 2 atom stereocenters. The maximum absolute atomic E-state index is 15.4. The van der Waals surface area contributed by atoms with Crippen molar-refractivity contribution in [3.63, 3.8) is 0 Å². The third kappa shape index (κ3) is 6.22. The van der Waals surface area contributed by atoms with E-state index in [0.29, 0.717) is 18.5 Å². The van der Waals surface area contributed by atoms with Crippen molar-refractivity contribution in [2.24, 2.45) is 0 Å². The van der Waals surface area contributed by atoms with Gasteiger partial charge in [-0.05, 0) is 45.7 Å². The minimum atomic E-state index is -1.38. The monoisotopic (exact) mass is 554 g/mol. The second kappa shape index (κ2) is 11.6. The first-order valence-corrected chi connectivity index (χ1v) is 12.9. The number of nitrogens with one attached hydrogen (secondary N) is 1. The zero-order valence-corrected chi connectivity index (χ0v) is 22.9. The Morgan fingerprint density at radius 1 is 1.20 bits per heavy atom. The summed E-state index contributed by atoms with van der Waals surface area (Å²) in [6, 6.07) is 8.99. The van der Waals surface area contributed by atoms with Crippen LogP contribution < -0.4 is 15.5 Å². The van der Waals surface area contributed by atoms with Crippen LogP contribution in [0.5, 0.6) is 5.75 Å². The van der Waals surface area contributed by atoms with E-state index in [2.05, 4.69) is 11.9 Å². The van der Waals surface area contributed by atoms with E-state index in [4.69, 9.17) is 14.2 Å². The Morgan fingerprint density at radius 3 is 2.50 bits per heavy atom. The van der Waals surface area contributed by atoms with Crippen molar-refractivity contribution in [2.45, 2.75) is 65.0 Å². The number of halogens is 2. The molecule has 0 saturated carbocycles. The molecule has 1 aromatic heterocycles. The van der Waals surface area contributed by atoms with E-state index in [1.807, 2.05) is 6.07 Å². The number of ether oxygens (including phenoxy) is 3. The van der Waals surface area contributed by atoms with Crippen molar-refractivity contribution in [3.05, 3.63) is 87.7 Å². The van der Waals surface area contributed by atoms with E-state index < -0.39 is 52.5 Å². The lowest BCUT2D eigenvalue weighted by Crippen LogP contribution is -2.47. The third-order valence-electron chi connectivity index (χ3n) is 6.36. The molecule has 0 radical (unpaired) electrons. The van der Waals surface area contributed by atoms with Crippen molar-refractivity contribution in [1.82, 2.24) is 9.88 Å². The lowest BCUT2D eigenvalue weighted by Gasteiger charge is -2.28. The van der Waals surface area contributed by atoms with Gasteiger partial charge >= 0.3 is 11.9 Å². The molecule has 0 bridgehead atoms. The zero-order valence-electron chi connectivity index (χ0n) is 22.9. The van der Waals surface area contributed by atoms with Gasteiger partial charge in [0.25, 0.3) is 0 Å². The van der Waals surface area contributed by atoms with Crippen LogP contribution in [0.1, 0.15) is 50.0 Å². The number of carbonyl (C=O) groups is 2. The molecule has 1 N–H and O–H groups in total. The summed E-state index contributed by atoms with van der Waals surface area (Å²) in [4.78, 5) is 39.5. The van der Waals surface area contributed by atoms with Gasteiger partial charge in [-0.1, -0.05) is 42.5 Å². The molecule has 8 nitrogen and oxygen atoms in total. The Kier molecular flexibility index (Phi) is 8.39. The highest BCUT2D eigenvalue weighted by molar-refractivity contribution is 5.95. The fourth-order valence-corrected chi connectivity index (χ4v) is 4.50. The minimum Gasteiger partial charge on any atom is -0.472 e. The molecule has 1 unspecified atom stereocenters. The first-order valence-electron chi connectivity index (χ1n) is 12.9. The maximum Gasteiger partial charge on any atom is 0.349 e. The molecule has 1 aliphatic heterocycles. The molecule has 10 heteroatoms. The number of hydrogen-bond acceptors (Lipinski definition) is 7. The molecule has 0 aliphatic carbocycles. The smallest absolute Gasteiger partial charge is 0.349 e. The Hall–Kier alpha value is -4.05. The fourth-order valence-electron chi connectivity index (χ4n) is 4.50. The number of carbonyl (C=O) groups excluding carboxylic acids is 2. The Bertz CT molecular complexity index is 1510. The molecule has 2 aromatic carbocycles. The number of aromatic nitrogens is 1. The molecular formula is C30H32F2N2O6. The van der Waals surface area contributed by atoms with Crippen LogP contribution in [0, 0.1) is 11.6 Å². The van der Waals surface area contributed by atoms with Crippen LogP contribution in [0.2, 0.25) is 0 Å². The average molecular weight is 555 g/mol. The standard InChI is InChI=1S/C30H32F2N2O6/c1-6-34-15-20(28(36)38-16-18-10-8-7-9-11-18)25(35)19-13-21(31)23(32)27(24(19)34)39-26(22-12-17(2)14-33-22)29(37)40-30(3,4)5/h7-11,13,15,22,26,33H,2,6,12,14,16H2,1,3-5H3/t22-,26?/m0/s1. The minimum absolute atomic E-state index is 0.0767. The number of nitrogens with zero attached hydrogens (tertiary/aromatic N) is 1. The topological polar surface area (TPSA) is 95.9 Å². The van der Waals surface area contributed by atoms with Gasteiger partial charge < -0.3 is 24.1 Å². The van der Waals surface area contributed by atoms with Crippen LogP contribution in [0.15, 0.2) is 59.5 Å². The number of esters is 2. The Morgan fingerprint density at radius 2 is 1.90 bits per heavy atom. The first kappa shape index (κ1) is 28.9. The summed E-state index contributed by atoms with van der Waals surface area (Å²) in [7, 11) is 0. The summed E-state index contributed by atoms with van der Waals surface area (Å²) >= 11 is 0. The highest BCUT2D eigenvalue weighted by Gasteiger charge is 2.38. The second-order valence-corrected chi connectivity index (χ2v) is 10.6. The molecule has 0 amide bonds. The van der Waals surface area contributed by atoms with Crippen molar-refractivity contribution in [3.8, 4) is 5.75 Å². The molecule has 3 aromatic rings. The summed E-state index contributed by atoms with van der Waals surface area (Å²) in [5.41, 5.74) is -0.667.